The lowest BCUT2D eigenvalue weighted by molar-refractivity contribution is -0.138. The van der Waals surface area contributed by atoms with Crippen LogP contribution in [0.1, 0.15) is 37.6 Å². The van der Waals surface area contributed by atoms with Crippen molar-refractivity contribution in [2.75, 3.05) is 6.61 Å². The Bertz CT molecular complexity index is 432. The lowest BCUT2D eigenvalue weighted by atomic mass is 9.81. The zero-order valence-corrected chi connectivity index (χ0v) is 10.9. The topological polar surface area (TPSA) is 63.6 Å². The van der Waals surface area contributed by atoms with Crippen molar-refractivity contribution >= 4 is 11.8 Å². The normalized spacial score (nSPS) is 11.1. The Labute approximate surface area is 107 Å². The van der Waals surface area contributed by atoms with Gasteiger partial charge >= 0.3 is 5.97 Å². The largest absolute Gasteiger partial charge is 0.494 e. The third-order valence-corrected chi connectivity index (χ3v) is 2.64. The molecule has 0 aliphatic heterocycles. The summed E-state index contributed by atoms with van der Waals surface area (Å²) >= 11 is 0. The number of ether oxygens (including phenoxy) is 1. The Hall–Kier alpha value is -1.84. The Morgan fingerprint density at radius 2 is 1.78 bits per heavy atom. The molecular weight excluding hydrogens is 232 g/mol. The number of ketones is 1. The van der Waals surface area contributed by atoms with Gasteiger partial charge in [0.15, 0.2) is 5.78 Å². The third kappa shape index (κ3) is 3.58. The van der Waals surface area contributed by atoms with E-state index in [-0.39, 0.29) is 12.2 Å². The van der Waals surface area contributed by atoms with Crippen LogP contribution in [0.2, 0.25) is 0 Å². The minimum Gasteiger partial charge on any atom is -0.494 e. The van der Waals surface area contributed by atoms with Gasteiger partial charge in [0.2, 0.25) is 0 Å². The van der Waals surface area contributed by atoms with E-state index in [0.29, 0.717) is 17.9 Å². The highest BCUT2D eigenvalue weighted by Crippen LogP contribution is 2.26. The van der Waals surface area contributed by atoms with Crippen LogP contribution in [-0.2, 0) is 4.79 Å². The third-order valence-electron chi connectivity index (χ3n) is 2.64. The second-order valence-electron chi connectivity index (χ2n) is 4.74. The molecule has 0 aliphatic carbocycles. The molecule has 0 saturated heterocycles. The van der Waals surface area contributed by atoms with E-state index in [9.17, 15) is 9.59 Å². The molecule has 1 aromatic rings. The van der Waals surface area contributed by atoms with Gasteiger partial charge in [-0.05, 0) is 31.2 Å². The first-order chi connectivity index (χ1) is 8.36. The molecule has 0 radical (unpaired) electrons. The molecule has 4 heteroatoms. The number of hydrogen-bond acceptors (Lipinski definition) is 3. The van der Waals surface area contributed by atoms with Crippen molar-refractivity contribution in [2.24, 2.45) is 5.41 Å². The van der Waals surface area contributed by atoms with E-state index in [2.05, 4.69) is 0 Å². The average molecular weight is 250 g/mol. The van der Waals surface area contributed by atoms with E-state index in [0.717, 1.165) is 0 Å². The van der Waals surface area contributed by atoms with Crippen molar-refractivity contribution in [3.05, 3.63) is 29.8 Å². The Morgan fingerprint density at radius 1 is 1.22 bits per heavy atom. The van der Waals surface area contributed by atoms with Crippen molar-refractivity contribution in [3.63, 3.8) is 0 Å². The standard InChI is InChI=1S/C14H18O4/c1-4-18-11-7-5-10(6-8-11)13(17)14(2,3)9-12(15)16/h5-8H,4,9H2,1-3H3,(H,15,16). The predicted octanol–water partition coefficient (Wildman–Crippen LogP) is 2.77. The fourth-order valence-electron chi connectivity index (χ4n) is 1.72. The van der Waals surface area contributed by atoms with Crippen LogP contribution in [0.5, 0.6) is 5.75 Å². The molecule has 0 fully saturated rings. The maximum atomic E-state index is 12.2. The molecule has 0 atom stereocenters. The molecular formula is C14H18O4. The lowest BCUT2D eigenvalue weighted by Crippen LogP contribution is -2.27. The summed E-state index contributed by atoms with van der Waals surface area (Å²) in [5, 5.41) is 8.79. The highest BCUT2D eigenvalue weighted by Gasteiger charge is 2.31. The number of rotatable bonds is 6. The highest BCUT2D eigenvalue weighted by atomic mass is 16.5. The molecule has 0 bridgehead atoms. The lowest BCUT2D eigenvalue weighted by Gasteiger charge is -2.20. The number of carboxylic acid groups (broad SMARTS) is 1. The van der Waals surface area contributed by atoms with Gasteiger partial charge in [0.1, 0.15) is 5.75 Å². The van der Waals surface area contributed by atoms with Gasteiger partial charge in [-0.15, -0.1) is 0 Å². The van der Waals surface area contributed by atoms with E-state index in [1.54, 1.807) is 38.1 Å². The van der Waals surface area contributed by atoms with Crippen LogP contribution in [0.3, 0.4) is 0 Å². The maximum absolute atomic E-state index is 12.2. The van der Waals surface area contributed by atoms with Crippen molar-refractivity contribution < 1.29 is 19.4 Å². The van der Waals surface area contributed by atoms with Crippen LogP contribution in [0.25, 0.3) is 0 Å². The first-order valence-electron chi connectivity index (χ1n) is 5.86. The smallest absolute Gasteiger partial charge is 0.304 e. The molecule has 0 saturated carbocycles. The van der Waals surface area contributed by atoms with Crippen LogP contribution in [0, 0.1) is 5.41 Å². The molecule has 0 spiro atoms. The summed E-state index contributed by atoms with van der Waals surface area (Å²) < 4.78 is 5.29. The Morgan fingerprint density at radius 3 is 2.22 bits per heavy atom. The highest BCUT2D eigenvalue weighted by molar-refractivity contribution is 6.01. The quantitative estimate of drug-likeness (QED) is 0.788. The van der Waals surface area contributed by atoms with Crippen LogP contribution in [-0.4, -0.2) is 23.5 Å². The van der Waals surface area contributed by atoms with Gasteiger partial charge in [0, 0.05) is 11.0 Å². The molecule has 0 heterocycles. The fraction of sp³-hybridized carbons (Fsp3) is 0.429. The summed E-state index contributed by atoms with van der Waals surface area (Å²) in [6, 6.07) is 6.76. The number of carboxylic acids is 1. The SMILES string of the molecule is CCOc1ccc(C(=O)C(C)(C)CC(=O)O)cc1. The van der Waals surface area contributed by atoms with E-state index in [4.69, 9.17) is 9.84 Å². The summed E-state index contributed by atoms with van der Waals surface area (Å²) in [4.78, 5) is 22.9. The van der Waals surface area contributed by atoms with Gasteiger partial charge in [-0.1, -0.05) is 13.8 Å². The number of hydrogen-bond donors (Lipinski definition) is 1. The van der Waals surface area contributed by atoms with Gasteiger partial charge in [-0.25, -0.2) is 0 Å². The molecule has 1 N–H and O–H groups in total. The van der Waals surface area contributed by atoms with Crippen molar-refractivity contribution in [1.29, 1.82) is 0 Å². The number of carbonyl (C=O) groups excluding carboxylic acids is 1. The first kappa shape index (κ1) is 14.2. The zero-order chi connectivity index (χ0) is 13.8. The fourth-order valence-corrected chi connectivity index (χ4v) is 1.72. The Kier molecular flexibility index (Phi) is 4.48. The van der Waals surface area contributed by atoms with Crippen molar-refractivity contribution in [1.82, 2.24) is 0 Å². The molecule has 0 aromatic heterocycles. The molecule has 0 amide bonds. The average Bonchev–Trinajstić information content (AvgIpc) is 2.28. The van der Waals surface area contributed by atoms with Gasteiger partial charge < -0.3 is 9.84 Å². The Balaban J connectivity index is 2.86. The van der Waals surface area contributed by atoms with E-state index < -0.39 is 11.4 Å². The molecule has 18 heavy (non-hydrogen) atoms. The van der Waals surface area contributed by atoms with E-state index in [1.165, 1.54) is 0 Å². The molecule has 0 unspecified atom stereocenters. The minimum atomic E-state index is -0.973. The molecule has 0 aliphatic rings. The molecule has 1 rings (SSSR count). The van der Waals surface area contributed by atoms with Gasteiger partial charge in [0.05, 0.1) is 13.0 Å². The summed E-state index contributed by atoms with van der Waals surface area (Å²) in [6.45, 7) is 5.73. The predicted molar refractivity (Wildman–Crippen MR) is 68.0 cm³/mol. The number of aliphatic carboxylic acids is 1. The van der Waals surface area contributed by atoms with Gasteiger partial charge in [-0.2, -0.15) is 0 Å². The molecule has 1 aromatic carbocycles. The number of carbonyl (C=O) groups is 2. The first-order valence-corrected chi connectivity index (χ1v) is 5.86. The van der Waals surface area contributed by atoms with Gasteiger partial charge in [-0.3, -0.25) is 9.59 Å². The number of Topliss-reactive ketones (excluding diaryl/α,β-unsaturated/α-hetero) is 1. The summed E-state index contributed by atoms with van der Waals surface area (Å²) in [7, 11) is 0. The molecule has 4 nitrogen and oxygen atoms in total. The summed E-state index contributed by atoms with van der Waals surface area (Å²) in [5.41, 5.74) is -0.399. The second-order valence-corrected chi connectivity index (χ2v) is 4.74. The van der Waals surface area contributed by atoms with E-state index in [1.807, 2.05) is 6.92 Å². The second kappa shape index (κ2) is 5.67. The van der Waals surface area contributed by atoms with Crippen molar-refractivity contribution in [2.45, 2.75) is 27.2 Å². The van der Waals surface area contributed by atoms with Crippen molar-refractivity contribution in [3.8, 4) is 5.75 Å². The van der Waals surface area contributed by atoms with Crippen LogP contribution in [0.4, 0.5) is 0 Å². The van der Waals surface area contributed by atoms with Gasteiger partial charge in [0.25, 0.3) is 0 Å². The summed E-state index contributed by atoms with van der Waals surface area (Å²) in [6.07, 6.45) is -0.182. The van der Waals surface area contributed by atoms with Crippen LogP contribution >= 0.6 is 0 Å². The zero-order valence-electron chi connectivity index (χ0n) is 10.9. The van der Waals surface area contributed by atoms with E-state index >= 15 is 0 Å². The van der Waals surface area contributed by atoms with Crippen LogP contribution in [0.15, 0.2) is 24.3 Å². The monoisotopic (exact) mass is 250 g/mol. The molecule has 98 valence electrons. The summed E-state index contributed by atoms with van der Waals surface area (Å²) in [5.74, 6) is -0.447. The minimum absolute atomic E-state index is 0.173. The number of benzene rings is 1. The maximum Gasteiger partial charge on any atom is 0.304 e. The van der Waals surface area contributed by atoms with Crippen LogP contribution < -0.4 is 4.74 Å².